The van der Waals surface area contributed by atoms with E-state index >= 15 is 0 Å². The summed E-state index contributed by atoms with van der Waals surface area (Å²) in [5.41, 5.74) is -4.40. The van der Waals surface area contributed by atoms with Crippen LogP contribution in [-0.4, -0.2) is 220 Å². The van der Waals surface area contributed by atoms with E-state index in [1.807, 2.05) is 0 Å². The molecule has 0 aromatic heterocycles. The number of nitrogen functional groups attached to an aromatic ring is 1. The summed E-state index contributed by atoms with van der Waals surface area (Å²) in [7, 11) is 0. The molecule has 0 aliphatic carbocycles. The van der Waals surface area contributed by atoms with E-state index in [4.69, 9.17) is 53.8 Å². The molecule has 0 fully saturated rings. The predicted octanol–water partition coefficient (Wildman–Crippen LogP) is 8.36. The smallest absolute Gasteiger partial charge is 0.335 e. The largest absolute Gasteiger partial charge is 0.478 e. The number of nitro groups is 2. The molecule has 0 bridgehead atoms. The van der Waals surface area contributed by atoms with Crippen molar-refractivity contribution in [2.45, 2.75) is 211 Å². The number of nitrogens with zero attached hydrogens (tertiary/aromatic N) is 6. The van der Waals surface area contributed by atoms with E-state index in [2.05, 4.69) is 0 Å². The highest BCUT2D eigenvalue weighted by molar-refractivity contribution is 6.05. The molecule has 0 unspecified atom stereocenters. The van der Waals surface area contributed by atoms with Crippen molar-refractivity contribution in [3.63, 3.8) is 0 Å². The predicted molar refractivity (Wildman–Crippen MR) is 381 cm³/mol. The third-order valence-corrected chi connectivity index (χ3v) is 11.8. The lowest BCUT2D eigenvalue weighted by atomic mass is 10.1. The minimum atomic E-state index is -1.42. The molecule has 4 amide bonds. The van der Waals surface area contributed by atoms with Gasteiger partial charge in [-0.1, -0.05) is 0 Å². The van der Waals surface area contributed by atoms with Gasteiger partial charge < -0.3 is 73.4 Å². The molecule has 3 aromatic rings. The van der Waals surface area contributed by atoms with Gasteiger partial charge in [0, 0.05) is 52.2 Å². The quantitative estimate of drug-likeness (QED) is 0.0249. The number of benzene rings is 3. The van der Waals surface area contributed by atoms with Gasteiger partial charge in [-0.2, -0.15) is 0 Å². The van der Waals surface area contributed by atoms with Gasteiger partial charge in [0.1, 0.15) is 97.2 Å². The summed E-state index contributed by atoms with van der Waals surface area (Å²) in [6, 6.07) is 8.90. The van der Waals surface area contributed by atoms with Gasteiger partial charge in [-0.15, -0.1) is 0 Å². The third kappa shape index (κ3) is 39.0. The summed E-state index contributed by atoms with van der Waals surface area (Å²) in [6.45, 7) is 33.7. The number of rotatable bonds is 24. The van der Waals surface area contributed by atoms with Crippen LogP contribution in [0.5, 0.6) is 0 Å². The van der Waals surface area contributed by atoms with E-state index in [0.717, 1.165) is 56.0 Å². The number of nitro benzene ring substituents is 2. The molecule has 0 heterocycles. The summed E-state index contributed by atoms with van der Waals surface area (Å²) >= 11 is 0. The van der Waals surface area contributed by atoms with E-state index in [1.54, 1.807) is 166 Å². The number of aromatic carboxylic acids is 2. The number of anilines is 1. The Balaban J connectivity index is 0.000000895. The number of amides is 4. The zero-order valence-electron chi connectivity index (χ0n) is 65.1. The summed E-state index contributed by atoms with van der Waals surface area (Å²) in [5, 5.41) is 39.4. The molecule has 3 rings (SSSR count). The lowest BCUT2D eigenvalue weighted by molar-refractivity contribution is -0.385. The molecule has 35 heteroatoms. The number of hydrogen-bond donors (Lipinski definition) is 3. The van der Waals surface area contributed by atoms with Crippen LogP contribution < -0.4 is 5.73 Å². The molecule has 0 radical (unpaired) electrons. The SMILES string of the molecule is CC(C)(C)OC(=O)CN(CC(=O)OC(C)(C)C)C(=O)c1cc(C(=O)N(CC(=O)OC(C)(C)C)CC(=O)OC(C)(C)C)cc([N+](=O)[O-])c1.CC(C)(C)OC(=O)CN(CC(=O)OC(C)(C)C)C(=O)c1cc(N)cc(C(=O)N(CC(=O)OC(C)(C)C)CC(=O)OC(C)(C)C)c1.O=C(O)c1cc(C(=O)O)cc([N+](=O)[O-])c1. The maximum atomic E-state index is 13.8. The van der Waals surface area contributed by atoms with E-state index in [1.165, 1.54) is 18.2 Å². The highest BCUT2D eigenvalue weighted by Gasteiger charge is 2.35. The standard InChI is InChI=1S/C32H47N3O12.C32H49N3O10.C8H5NO6/c1-29(2,3)44-23(36)16-33(17-24(37)45-30(4,5)6)27(40)20-13-21(15-22(14-20)35(42)43)28(41)34(18-25(38)46-31(7,8)9)19-26(39)47-32(10,11)12;1-29(2,3)42-23(36)16-34(17-24(37)43-30(4,5)6)27(40)20-13-21(15-22(33)14-20)28(41)35(18-25(38)44-31(7,8)9)19-26(39)45-32(10,11)12;10-7(11)4-1-5(8(12)13)3-6(2-4)9(14)15/h13-15H,16-19H2,1-12H3;13-15H,16-19,33H2,1-12H3;1-3H,(H,10,11)(H,12,13). The lowest BCUT2D eigenvalue weighted by Crippen LogP contribution is -2.44. The number of carbonyl (C=O) groups excluding carboxylic acids is 12. The molecule has 3 aromatic carbocycles. The van der Waals surface area contributed by atoms with Gasteiger partial charge in [-0.3, -0.25) is 77.8 Å². The average molecular weight is 1510 g/mol. The van der Waals surface area contributed by atoms with Crippen molar-refractivity contribution in [3.05, 3.63) is 108 Å². The maximum absolute atomic E-state index is 13.8. The minimum Gasteiger partial charge on any atom is -0.478 e. The second kappa shape index (κ2) is 37.7. The maximum Gasteiger partial charge on any atom is 0.335 e. The number of carbonyl (C=O) groups is 14. The summed E-state index contributed by atoms with van der Waals surface area (Å²) in [4.78, 5) is 201. The molecule has 0 saturated heterocycles. The van der Waals surface area contributed by atoms with Crippen LogP contribution in [-0.2, 0) is 76.3 Å². The number of carboxylic acids is 2. The van der Waals surface area contributed by atoms with Gasteiger partial charge >= 0.3 is 59.7 Å². The van der Waals surface area contributed by atoms with E-state index in [0.29, 0.717) is 0 Å². The van der Waals surface area contributed by atoms with Crippen molar-refractivity contribution in [2.24, 2.45) is 0 Å². The monoisotopic (exact) mass is 1510 g/mol. The zero-order chi connectivity index (χ0) is 83.4. The summed E-state index contributed by atoms with van der Waals surface area (Å²) in [5.74, 6) is -13.2. The Morgan fingerprint density at radius 1 is 0.290 bits per heavy atom. The van der Waals surface area contributed by atoms with Crippen molar-refractivity contribution < 1.29 is 125 Å². The van der Waals surface area contributed by atoms with Crippen molar-refractivity contribution >= 4 is 100 Å². The number of esters is 8. The molecule has 35 nitrogen and oxygen atoms in total. The van der Waals surface area contributed by atoms with Crippen LogP contribution in [0.25, 0.3) is 0 Å². The first-order valence-electron chi connectivity index (χ1n) is 33.0. The topological polar surface area (TPSA) is 479 Å². The van der Waals surface area contributed by atoms with Crippen LogP contribution >= 0.6 is 0 Å². The molecular formula is C72H101N7O28. The number of nitrogens with two attached hydrogens (primary N) is 1. The van der Waals surface area contributed by atoms with E-state index in [9.17, 15) is 87.4 Å². The molecule has 4 N–H and O–H groups in total. The fraction of sp³-hybridized carbons (Fsp3) is 0.556. The fourth-order valence-corrected chi connectivity index (χ4v) is 8.59. The highest BCUT2D eigenvalue weighted by Crippen LogP contribution is 2.25. The molecule has 592 valence electrons. The van der Waals surface area contributed by atoms with Crippen LogP contribution in [0.15, 0.2) is 54.6 Å². The first-order valence-corrected chi connectivity index (χ1v) is 33.0. The second-order valence-electron chi connectivity index (χ2n) is 31.8. The van der Waals surface area contributed by atoms with Gasteiger partial charge in [-0.25, -0.2) is 9.59 Å². The van der Waals surface area contributed by atoms with Gasteiger partial charge in [0.2, 0.25) is 0 Å². The van der Waals surface area contributed by atoms with Crippen molar-refractivity contribution in [1.82, 2.24) is 19.6 Å². The molecule has 0 aliphatic rings. The Bertz CT molecular complexity index is 3450. The Hall–Kier alpha value is -11.2. The Morgan fingerprint density at radius 2 is 0.430 bits per heavy atom. The number of non-ortho nitro benzene ring substituents is 2. The first kappa shape index (κ1) is 93.9. The molecule has 0 aliphatic heterocycles. The van der Waals surface area contributed by atoms with Crippen LogP contribution in [0, 0.1) is 20.2 Å². The second-order valence-corrected chi connectivity index (χ2v) is 31.8. The zero-order valence-corrected chi connectivity index (χ0v) is 65.1. The molecular weight excluding hydrogens is 1410 g/mol. The van der Waals surface area contributed by atoms with Gasteiger partial charge in [-0.05, 0) is 197 Å². The van der Waals surface area contributed by atoms with E-state index in [-0.39, 0.29) is 16.8 Å². The molecule has 0 spiro atoms. The van der Waals surface area contributed by atoms with Gasteiger partial charge in [0.05, 0.1) is 21.0 Å². The number of ether oxygens (including phenoxy) is 8. The van der Waals surface area contributed by atoms with Crippen LogP contribution in [0.3, 0.4) is 0 Å². The Kier molecular flexibility index (Phi) is 33.1. The number of hydrogen-bond acceptors (Lipinski definition) is 27. The van der Waals surface area contributed by atoms with Crippen LogP contribution in [0.4, 0.5) is 17.1 Å². The normalized spacial score (nSPS) is 11.7. The fourth-order valence-electron chi connectivity index (χ4n) is 8.59. The van der Waals surface area contributed by atoms with Crippen molar-refractivity contribution in [2.75, 3.05) is 58.1 Å². The highest BCUT2D eigenvalue weighted by atomic mass is 16.6. The molecule has 0 saturated carbocycles. The van der Waals surface area contributed by atoms with Crippen LogP contribution in [0.2, 0.25) is 0 Å². The molecule has 107 heavy (non-hydrogen) atoms. The Morgan fingerprint density at radius 3 is 0.570 bits per heavy atom. The third-order valence-electron chi connectivity index (χ3n) is 11.8. The Labute approximate surface area is 620 Å². The van der Waals surface area contributed by atoms with Gasteiger partial charge in [0.15, 0.2) is 0 Å². The van der Waals surface area contributed by atoms with Crippen molar-refractivity contribution in [3.8, 4) is 0 Å². The van der Waals surface area contributed by atoms with Crippen molar-refractivity contribution in [1.29, 1.82) is 0 Å². The van der Waals surface area contributed by atoms with E-state index < -0.39 is 224 Å². The lowest BCUT2D eigenvalue weighted by Gasteiger charge is -2.27. The molecule has 0 atom stereocenters. The first-order chi connectivity index (χ1) is 48.1. The summed E-state index contributed by atoms with van der Waals surface area (Å²) in [6.07, 6.45) is 0. The minimum absolute atomic E-state index is 0.00632. The van der Waals surface area contributed by atoms with Gasteiger partial charge in [0.25, 0.3) is 35.0 Å². The number of carboxylic acid groups (broad SMARTS) is 2. The average Bonchev–Trinajstić information content (AvgIpc) is 0.814. The van der Waals surface area contributed by atoms with Crippen LogP contribution in [0.1, 0.15) is 228 Å². The summed E-state index contributed by atoms with van der Waals surface area (Å²) < 4.78 is 42.5.